The van der Waals surface area contributed by atoms with Crippen LogP contribution < -0.4 is 9.92 Å². The molecule has 0 radical (unpaired) electrons. The Labute approximate surface area is 129 Å². The summed E-state index contributed by atoms with van der Waals surface area (Å²) < 4.78 is 5.48. The summed E-state index contributed by atoms with van der Waals surface area (Å²) in [6.45, 7) is 11.0. The second kappa shape index (κ2) is 5.37. The summed E-state index contributed by atoms with van der Waals surface area (Å²) >= 11 is 0. The summed E-state index contributed by atoms with van der Waals surface area (Å²) in [5.41, 5.74) is 0.851. The molecule has 0 aliphatic heterocycles. The molecular weight excluding hydrogens is 276 g/mol. The quantitative estimate of drug-likeness (QED) is 0.854. The van der Waals surface area contributed by atoms with Gasteiger partial charge in [0.05, 0.1) is 7.11 Å². The van der Waals surface area contributed by atoms with Gasteiger partial charge in [-0.05, 0) is 29.2 Å². The number of phenols is 1. The van der Waals surface area contributed by atoms with E-state index in [4.69, 9.17) is 4.74 Å². The molecule has 0 atom stereocenters. The smallest absolute Gasteiger partial charge is 0.119 e. The molecule has 0 amide bonds. The van der Waals surface area contributed by atoms with Gasteiger partial charge in [0, 0.05) is 5.56 Å². The predicted octanol–water partition coefficient (Wildman–Crippen LogP) is 4.04. The summed E-state index contributed by atoms with van der Waals surface area (Å²) in [5.74, 6) is 1.28. The number of ether oxygens (including phenoxy) is 1. The summed E-state index contributed by atoms with van der Waals surface area (Å²) in [7, 11) is -0.192. The van der Waals surface area contributed by atoms with Gasteiger partial charge in [0.1, 0.15) is 19.6 Å². The highest BCUT2D eigenvalue weighted by Gasteiger charge is 2.34. The van der Waals surface area contributed by atoms with E-state index in [2.05, 4.69) is 52.1 Å². The minimum atomic E-state index is -1.88. The van der Waals surface area contributed by atoms with Gasteiger partial charge in [-0.25, -0.2) is 0 Å². The normalized spacial score (nSPS) is 15.2. The Morgan fingerprint density at radius 3 is 2.33 bits per heavy atom. The number of hydrogen-bond acceptors (Lipinski definition) is 2. The zero-order valence-corrected chi connectivity index (χ0v) is 14.9. The van der Waals surface area contributed by atoms with Gasteiger partial charge in [-0.15, -0.1) is 0 Å². The SMILES string of the molecule is COc1cc(C(C)(C)C)c(O)c([Si](C)(C)C2=CC=CC2)c1. The summed E-state index contributed by atoms with van der Waals surface area (Å²) in [6, 6.07) is 3.99. The van der Waals surface area contributed by atoms with Crippen molar-refractivity contribution >= 4 is 13.3 Å². The third-order valence-corrected chi connectivity index (χ3v) is 8.08. The summed E-state index contributed by atoms with van der Waals surface area (Å²) in [4.78, 5) is 0. The van der Waals surface area contributed by atoms with Crippen molar-refractivity contribution in [3.63, 3.8) is 0 Å². The van der Waals surface area contributed by atoms with E-state index in [1.165, 1.54) is 5.20 Å². The molecule has 2 rings (SSSR count). The van der Waals surface area contributed by atoms with Crippen LogP contribution in [0.3, 0.4) is 0 Å². The Morgan fingerprint density at radius 2 is 1.86 bits per heavy atom. The average Bonchev–Trinajstić information content (AvgIpc) is 2.92. The van der Waals surface area contributed by atoms with E-state index < -0.39 is 8.07 Å². The largest absolute Gasteiger partial charge is 0.508 e. The van der Waals surface area contributed by atoms with Crippen LogP contribution >= 0.6 is 0 Å². The van der Waals surface area contributed by atoms with E-state index in [1.807, 2.05) is 12.1 Å². The molecular formula is C18H26O2Si. The van der Waals surface area contributed by atoms with E-state index in [-0.39, 0.29) is 5.41 Å². The molecule has 2 nitrogen and oxygen atoms in total. The van der Waals surface area contributed by atoms with E-state index in [1.54, 1.807) is 7.11 Å². The topological polar surface area (TPSA) is 29.5 Å². The molecule has 1 aliphatic rings. The molecule has 114 valence electrons. The molecule has 0 saturated carbocycles. The maximum atomic E-state index is 10.9. The number of methoxy groups -OCH3 is 1. The number of phenolic OH excluding ortho intramolecular Hbond substituents is 1. The highest BCUT2D eigenvalue weighted by atomic mass is 28.3. The highest BCUT2D eigenvalue weighted by Crippen LogP contribution is 2.35. The Balaban J connectivity index is 2.63. The molecule has 1 N–H and O–H groups in total. The molecule has 0 bridgehead atoms. The van der Waals surface area contributed by atoms with Crippen LogP contribution in [0.25, 0.3) is 0 Å². The first-order chi connectivity index (χ1) is 9.67. The Kier molecular flexibility index (Phi) is 4.07. The average molecular weight is 302 g/mol. The van der Waals surface area contributed by atoms with Crippen molar-refractivity contribution in [1.82, 2.24) is 0 Å². The molecule has 1 aromatic carbocycles. The minimum Gasteiger partial charge on any atom is -0.508 e. The van der Waals surface area contributed by atoms with Crippen LogP contribution in [-0.4, -0.2) is 20.3 Å². The Hall–Kier alpha value is -1.48. The van der Waals surface area contributed by atoms with Crippen molar-refractivity contribution in [1.29, 1.82) is 0 Å². The lowest BCUT2D eigenvalue weighted by Crippen LogP contribution is -2.44. The third kappa shape index (κ3) is 2.93. The van der Waals surface area contributed by atoms with E-state index >= 15 is 0 Å². The third-order valence-electron chi connectivity index (χ3n) is 4.37. The molecule has 1 aromatic rings. The van der Waals surface area contributed by atoms with Crippen molar-refractivity contribution < 1.29 is 9.84 Å². The number of allylic oxidation sites excluding steroid dienone is 4. The van der Waals surface area contributed by atoms with E-state index in [0.717, 1.165) is 22.9 Å². The lowest BCUT2D eigenvalue weighted by atomic mass is 9.86. The number of aromatic hydroxyl groups is 1. The van der Waals surface area contributed by atoms with Crippen LogP contribution in [0, 0.1) is 0 Å². The molecule has 3 heteroatoms. The van der Waals surface area contributed by atoms with Gasteiger partial charge in [0.2, 0.25) is 0 Å². The molecule has 0 aromatic heterocycles. The van der Waals surface area contributed by atoms with Crippen molar-refractivity contribution in [2.75, 3.05) is 7.11 Å². The lowest BCUT2D eigenvalue weighted by molar-refractivity contribution is 0.407. The first-order valence-electron chi connectivity index (χ1n) is 7.46. The van der Waals surface area contributed by atoms with Crippen LogP contribution in [0.4, 0.5) is 0 Å². The fraction of sp³-hybridized carbons (Fsp3) is 0.444. The van der Waals surface area contributed by atoms with Crippen molar-refractivity contribution in [3.8, 4) is 11.5 Å². The van der Waals surface area contributed by atoms with E-state index in [0.29, 0.717) is 5.75 Å². The maximum Gasteiger partial charge on any atom is 0.119 e. The highest BCUT2D eigenvalue weighted by molar-refractivity contribution is 6.96. The van der Waals surface area contributed by atoms with Gasteiger partial charge in [-0.2, -0.15) is 0 Å². The zero-order valence-electron chi connectivity index (χ0n) is 13.9. The number of benzene rings is 1. The molecule has 21 heavy (non-hydrogen) atoms. The van der Waals surface area contributed by atoms with Crippen molar-refractivity contribution in [2.24, 2.45) is 0 Å². The molecule has 0 fully saturated rings. The summed E-state index contributed by atoms with van der Waals surface area (Å²) in [6.07, 6.45) is 7.51. The van der Waals surface area contributed by atoms with Gasteiger partial charge in [0.25, 0.3) is 0 Å². The molecule has 0 saturated heterocycles. The first-order valence-corrected chi connectivity index (χ1v) is 10.5. The number of rotatable bonds is 3. The second-order valence-electron chi connectivity index (χ2n) is 7.27. The lowest BCUT2D eigenvalue weighted by Gasteiger charge is -2.30. The Bertz CT molecular complexity index is 604. The van der Waals surface area contributed by atoms with Crippen molar-refractivity contribution in [3.05, 3.63) is 41.1 Å². The van der Waals surface area contributed by atoms with Crippen LogP contribution in [-0.2, 0) is 5.41 Å². The van der Waals surface area contributed by atoms with Crippen LogP contribution in [0.5, 0.6) is 11.5 Å². The molecule has 0 unspecified atom stereocenters. The standard InChI is InChI=1S/C18H26O2Si/c1-18(2,3)15-11-13(20-4)12-16(17(15)19)21(5,6)14-9-7-8-10-14/h7-9,11-12,19H,10H2,1-6H3. The maximum absolute atomic E-state index is 10.9. The van der Waals surface area contributed by atoms with Crippen LogP contribution in [0.1, 0.15) is 32.8 Å². The molecule has 1 aliphatic carbocycles. The van der Waals surface area contributed by atoms with Crippen LogP contribution in [0.2, 0.25) is 13.1 Å². The molecule has 0 heterocycles. The van der Waals surface area contributed by atoms with Crippen molar-refractivity contribution in [2.45, 2.75) is 45.7 Å². The van der Waals surface area contributed by atoms with Gasteiger partial charge >= 0.3 is 0 Å². The van der Waals surface area contributed by atoms with Gasteiger partial charge in [-0.1, -0.05) is 57.3 Å². The zero-order chi connectivity index (χ0) is 15.8. The van der Waals surface area contributed by atoms with Gasteiger partial charge in [0.15, 0.2) is 0 Å². The fourth-order valence-corrected chi connectivity index (χ4v) is 5.57. The van der Waals surface area contributed by atoms with E-state index in [9.17, 15) is 5.11 Å². The minimum absolute atomic E-state index is 0.111. The van der Waals surface area contributed by atoms with Gasteiger partial charge in [-0.3, -0.25) is 0 Å². The van der Waals surface area contributed by atoms with Gasteiger partial charge < -0.3 is 9.84 Å². The molecule has 0 spiro atoms. The number of hydrogen-bond donors (Lipinski definition) is 1. The fourth-order valence-electron chi connectivity index (χ4n) is 2.86. The second-order valence-corrected chi connectivity index (χ2v) is 11.7. The first kappa shape index (κ1) is 15.9. The predicted molar refractivity (Wildman–Crippen MR) is 92.3 cm³/mol. The monoisotopic (exact) mass is 302 g/mol. The Morgan fingerprint density at radius 1 is 1.19 bits per heavy atom. The van der Waals surface area contributed by atoms with Crippen LogP contribution in [0.15, 0.2) is 35.6 Å². The summed E-state index contributed by atoms with van der Waals surface area (Å²) in [5, 5.41) is 13.4.